The Bertz CT molecular complexity index is 444. The van der Waals surface area contributed by atoms with Gasteiger partial charge in [0, 0.05) is 50.7 Å². The first-order valence-corrected chi connectivity index (χ1v) is 7.16. The largest absolute Gasteiger partial charge is 0.361 e. The van der Waals surface area contributed by atoms with Crippen LogP contribution in [0.3, 0.4) is 0 Å². The van der Waals surface area contributed by atoms with Crippen LogP contribution in [0, 0.1) is 19.8 Å². The van der Waals surface area contributed by atoms with E-state index in [2.05, 4.69) is 10.1 Å². The summed E-state index contributed by atoms with van der Waals surface area (Å²) in [7, 11) is 0. The van der Waals surface area contributed by atoms with Crippen LogP contribution in [0.1, 0.15) is 23.9 Å². The molecular weight excluding hydrogens is 256 g/mol. The van der Waals surface area contributed by atoms with E-state index in [1.54, 1.807) is 0 Å². The van der Waals surface area contributed by atoms with Crippen LogP contribution in [0.15, 0.2) is 4.52 Å². The van der Waals surface area contributed by atoms with Crippen LogP contribution in [-0.2, 0) is 11.3 Å². The van der Waals surface area contributed by atoms with Gasteiger partial charge in [-0.05, 0) is 13.8 Å². The molecule has 1 unspecified atom stereocenters. The van der Waals surface area contributed by atoms with Gasteiger partial charge in [0.15, 0.2) is 0 Å². The van der Waals surface area contributed by atoms with Crippen LogP contribution < -0.4 is 5.73 Å². The quantitative estimate of drug-likeness (QED) is 0.870. The number of piperazine rings is 1. The highest BCUT2D eigenvalue weighted by atomic mass is 16.5. The molecule has 0 bridgehead atoms. The summed E-state index contributed by atoms with van der Waals surface area (Å²) >= 11 is 0. The second kappa shape index (κ2) is 6.37. The van der Waals surface area contributed by atoms with Crippen LogP contribution >= 0.6 is 0 Å². The molecule has 0 spiro atoms. The number of nitrogens with two attached hydrogens (primary N) is 1. The fourth-order valence-corrected chi connectivity index (χ4v) is 2.49. The molecule has 2 rings (SSSR count). The summed E-state index contributed by atoms with van der Waals surface area (Å²) < 4.78 is 5.19. The van der Waals surface area contributed by atoms with E-state index < -0.39 is 0 Å². The van der Waals surface area contributed by atoms with Crippen molar-refractivity contribution >= 4 is 5.91 Å². The van der Waals surface area contributed by atoms with Crippen LogP contribution in [0.2, 0.25) is 0 Å². The van der Waals surface area contributed by atoms with E-state index in [9.17, 15) is 4.79 Å². The molecule has 1 saturated heterocycles. The lowest BCUT2D eigenvalue weighted by Crippen LogP contribution is -2.50. The van der Waals surface area contributed by atoms with Crippen molar-refractivity contribution in [1.29, 1.82) is 0 Å². The van der Waals surface area contributed by atoms with Crippen LogP contribution in [0.25, 0.3) is 0 Å². The van der Waals surface area contributed by atoms with Gasteiger partial charge in [-0.25, -0.2) is 0 Å². The van der Waals surface area contributed by atoms with Gasteiger partial charge in [0.2, 0.25) is 5.91 Å². The van der Waals surface area contributed by atoms with Gasteiger partial charge in [-0.2, -0.15) is 0 Å². The summed E-state index contributed by atoms with van der Waals surface area (Å²) in [6, 6.07) is 0. The minimum Gasteiger partial charge on any atom is -0.361 e. The third-order valence-electron chi connectivity index (χ3n) is 4.02. The fourth-order valence-electron chi connectivity index (χ4n) is 2.49. The Morgan fingerprint density at radius 2 is 2.00 bits per heavy atom. The number of amides is 1. The smallest absolute Gasteiger partial charge is 0.226 e. The first-order valence-electron chi connectivity index (χ1n) is 7.16. The van der Waals surface area contributed by atoms with Crippen molar-refractivity contribution in [1.82, 2.24) is 15.0 Å². The lowest BCUT2D eigenvalue weighted by atomic mass is 10.1. The first-order chi connectivity index (χ1) is 9.52. The van der Waals surface area contributed by atoms with E-state index in [4.69, 9.17) is 10.3 Å². The number of rotatable bonds is 4. The fraction of sp³-hybridized carbons (Fsp3) is 0.714. The Hall–Kier alpha value is -1.40. The normalized spacial score (nSPS) is 18.3. The van der Waals surface area contributed by atoms with Crippen LogP contribution in [-0.4, -0.2) is 53.6 Å². The molecule has 2 heterocycles. The molecule has 6 heteroatoms. The predicted molar refractivity (Wildman–Crippen MR) is 76.1 cm³/mol. The molecule has 1 aliphatic heterocycles. The van der Waals surface area contributed by atoms with E-state index in [1.165, 1.54) is 5.56 Å². The van der Waals surface area contributed by atoms with Gasteiger partial charge in [-0.3, -0.25) is 9.69 Å². The molecule has 1 aromatic rings. The second-order valence-electron chi connectivity index (χ2n) is 5.54. The van der Waals surface area contributed by atoms with E-state index >= 15 is 0 Å². The number of nitrogens with zero attached hydrogens (tertiary/aromatic N) is 3. The monoisotopic (exact) mass is 280 g/mol. The van der Waals surface area contributed by atoms with E-state index in [0.29, 0.717) is 6.54 Å². The van der Waals surface area contributed by atoms with E-state index in [-0.39, 0.29) is 11.8 Å². The van der Waals surface area contributed by atoms with Gasteiger partial charge in [0.1, 0.15) is 5.76 Å². The van der Waals surface area contributed by atoms with Crippen molar-refractivity contribution in [2.24, 2.45) is 11.7 Å². The predicted octanol–water partition coefficient (Wildman–Crippen LogP) is 0.530. The molecule has 1 atom stereocenters. The summed E-state index contributed by atoms with van der Waals surface area (Å²) in [4.78, 5) is 16.3. The zero-order valence-electron chi connectivity index (χ0n) is 12.6. The van der Waals surface area contributed by atoms with Gasteiger partial charge in [0.05, 0.1) is 5.69 Å². The topological polar surface area (TPSA) is 75.6 Å². The molecular formula is C14H24N4O2. The summed E-state index contributed by atoms with van der Waals surface area (Å²) in [5.41, 5.74) is 7.68. The summed E-state index contributed by atoms with van der Waals surface area (Å²) in [6.45, 7) is 10.4. The number of carbonyl (C=O) groups excluding carboxylic acids is 1. The van der Waals surface area contributed by atoms with Crippen LogP contribution in [0.4, 0.5) is 0 Å². The average molecular weight is 280 g/mol. The van der Waals surface area contributed by atoms with Crippen molar-refractivity contribution in [2.45, 2.75) is 27.3 Å². The van der Waals surface area contributed by atoms with Crippen molar-refractivity contribution in [2.75, 3.05) is 32.7 Å². The number of carbonyl (C=O) groups is 1. The number of hydrogen-bond donors (Lipinski definition) is 1. The number of aryl methyl sites for hydroxylation is 2. The molecule has 0 aromatic carbocycles. The Morgan fingerprint density at radius 3 is 2.50 bits per heavy atom. The molecule has 2 N–H and O–H groups in total. The van der Waals surface area contributed by atoms with Gasteiger partial charge in [-0.15, -0.1) is 0 Å². The van der Waals surface area contributed by atoms with Crippen molar-refractivity contribution in [3.63, 3.8) is 0 Å². The Labute approximate surface area is 119 Å². The lowest BCUT2D eigenvalue weighted by molar-refractivity contribution is -0.136. The minimum atomic E-state index is -0.0795. The van der Waals surface area contributed by atoms with Gasteiger partial charge >= 0.3 is 0 Å². The molecule has 1 amide bonds. The van der Waals surface area contributed by atoms with Crippen molar-refractivity contribution in [3.05, 3.63) is 17.0 Å². The highest BCUT2D eigenvalue weighted by Crippen LogP contribution is 2.16. The van der Waals surface area contributed by atoms with E-state index in [1.807, 2.05) is 25.7 Å². The van der Waals surface area contributed by atoms with Crippen LogP contribution in [0.5, 0.6) is 0 Å². The highest BCUT2D eigenvalue weighted by molar-refractivity contribution is 5.78. The molecule has 112 valence electrons. The third-order valence-corrected chi connectivity index (χ3v) is 4.02. The molecule has 6 nitrogen and oxygen atoms in total. The van der Waals surface area contributed by atoms with Crippen molar-refractivity contribution in [3.8, 4) is 0 Å². The lowest BCUT2D eigenvalue weighted by Gasteiger charge is -2.35. The number of hydrogen-bond acceptors (Lipinski definition) is 5. The Morgan fingerprint density at radius 1 is 1.35 bits per heavy atom. The third kappa shape index (κ3) is 3.19. The molecule has 0 saturated carbocycles. The molecule has 1 fully saturated rings. The Kier molecular flexibility index (Phi) is 4.77. The summed E-state index contributed by atoms with van der Waals surface area (Å²) in [5.74, 6) is 0.978. The maximum absolute atomic E-state index is 12.1. The SMILES string of the molecule is Cc1noc(C)c1CN1CCN(C(=O)C(C)CN)CC1. The van der Waals surface area contributed by atoms with Gasteiger partial charge in [-0.1, -0.05) is 12.1 Å². The first kappa shape index (κ1) is 15.0. The molecule has 0 radical (unpaired) electrons. The Balaban J connectivity index is 1.87. The van der Waals surface area contributed by atoms with Gasteiger partial charge < -0.3 is 15.2 Å². The second-order valence-corrected chi connectivity index (χ2v) is 5.54. The highest BCUT2D eigenvalue weighted by Gasteiger charge is 2.25. The maximum atomic E-state index is 12.1. The zero-order valence-corrected chi connectivity index (χ0v) is 12.6. The summed E-state index contributed by atoms with van der Waals surface area (Å²) in [5, 5.41) is 3.98. The molecule has 0 aliphatic carbocycles. The summed E-state index contributed by atoms with van der Waals surface area (Å²) in [6.07, 6.45) is 0. The van der Waals surface area contributed by atoms with E-state index in [0.717, 1.165) is 44.2 Å². The molecule has 1 aliphatic rings. The molecule has 20 heavy (non-hydrogen) atoms. The maximum Gasteiger partial charge on any atom is 0.226 e. The molecule has 1 aromatic heterocycles. The number of aromatic nitrogens is 1. The average Bonchev–Trinajstić information content (AvgIpc) is 2.78. The minimum absolute atomic E-state index is 0.0795. The standard InChI is InChI=1S/C14H24N4O2/c1-10(8-15)14(19)18-6-4-17(5-7-18)9-13-11(2)16-20-12(13)3/h10H,4-9,15H2,1-3H3. The van der Waals surface area contributed by atoms with Crippen molar-refractivity contribution < 1.29 is 9.32 Å². The zero-order chi connectivity index (χ0) is 14.7. The van der Waals surface area contributed by atoms with Gasteiger partial charge in [0.25, 0.3) is 0 Å².